The summed E-state index contributed by atoms with van der Waals surface area (Å²) in [5.74, 6) is 0.0889. The standard InChI is InChI=1S/C19H26N4O2/c1-15-6-5-9-23-16(14-21-10-12-25-13-11-21)17(20-18(15)23)19(24)22-7-3-2-4-8-22/h5-6,9H,2-4,7-8,10-14H2,1H3. The average Bonchev–Trinajstić information content (AvgIpc) is 3.03. The zero-order chi connectivity index (χ0) is 17.2. The minimum Gasteiger partial charge on any atom is -0.379 e. The van der Waals surface area contributed by atoms with Crippen molar-refractivity contribution in [2.45, 2.75) is 32.7 Å². The number of imidazole rings is 1. The van der Waals surface area contributed by atoms with Gasteiger partial charge in [-0.25, -0.2) is 4.98 Å². The molecule has 2 fully saturated rings. The van der Waals surface area contributed by atoms with E-state index in [1.165, 1.54) is 6.42 Å². The van der Waals surface area contributed by atoms with Crippen molar-refractivity contribution in [3.05, 3.63) is 35.3 Å². The SMILES string of the molecule is Cc1cccn2c(CN3CCOCC3)c(C(=O)N3CCCCC3)nc12. The van der Waals surface area contributed by atoms with E-state index >= 15 is 0 Å². The Bertz CT molecular complexity index is 758. The first-order chi connectivity index (χ1) is 12.2. The van der Waals surface area contributed by atoms with Crippen molar-refractivity contribution in [3.63, 3.8) is 0 Å². The molecule has 0 spiro atoms. The van der Waals surface area contributed by atoms with Gasteiger partial charge in [-0.3, -0.25) is 9.69 Å². The zero-order valence-electron chi connectivity index (χ0n) is 14.9. The summed E-state index contributed by atoms with van der Waals surface area (Å²) in [4.78, 5) is 22.2. The number of pyridine rings is 1. The molecular weight excluding hydrogens is 316 g/mol. The minimum absolute atomic E-state index is 0.0889. The molecule has 0 aromatic carbocycles. The van der Waals surface area contributed by atoms with Crippen molar-refractivity contribution in [1.82, 2.24) is 19.2 Å². The molecule has 4 heterocycles. The van der Waals surface area contributed by atoms with Crippen LogP contribution in [0.15, 0.2) is 18.3 Å². The number of hydrogen-bond acceptors (Lipinski definition) is 4. The monoisotopic (exact) mass is 342 g/mol. The molecule has 6 heteroatoms. The highest BCUT2D eigenvalue weighted by atomic mass is 16.5. The van der Waals surface area contributed by atoms with Gasteiger partial charge < -0.3 is 14.0 Å². The lowest BCUT2D eigenvalue weighted by molar-refractivity contribution is 0.0333. The Labute approximate surface area is 148 Å². The second-order valence-corrected chi connectivity index (χ2v) is 7.03. The number of morpholine rings is 1. The van der Waals surface area contributed by atoms with Gasteiger partial charge >= 0.3 is 0 Å². The van der Waals surface area contributed by atoms with Crippen molar-refractivity contribution >= 4 is 11.6 Å². The molecule has 2 saturated heterocycles. The molecule has 4 rings (SSSR count). The third-order valence-electron chi connectivity index (χ3n) is 5.27. The van der Waals surface area contributed by atoms with Crippen molar-refractivity contribution in [2.75, 3.05) is 39.4 Å². The molecule has 2 aliphatic rings. The normalized spacial score (nSPS) is 19.5. The molecule has 134 valence electrons. The largest absolute Gasteiger partial charge is 0.379 e. The average molecular weight is 342 g/mol. The van der Waals surface area contributed by atoms with Gasteiger partial charge in [0.15, 0.2) is 5.69 Å². The molecule has 2 aromatic heterocycles. The highest BCUT2D eigenvalue weighted by molar-refractivity contribution is 5.94. The number of ether oxygens (including phenoxy) is 1. The summed E-state index contributed by atoms with van der Waals surface area (Å²) in [5, 5.41) is 0. The molecule has 0 radical (unpaired) electrons. The van der Waals surface area contributed by atoms with Crippen LogP contribution in [-0.4, -0.2) is 64.5 Å². The van der Waals surface area contributed by atoms with Gasteiger partial charge in [-0.05, 0) is 37.8 Å². The van der Waals surface area contributed by atoms with Gasteiger partial charge in [-0.2, -0.15) is 0 Å². The van der Waals surface area contributed by atoms with E-state index in [-0.39, 0.29) is 5.91 Å². The van der Waals surface area contributed by atoms with Crippen molar-refractivity contribution < 1.29 is 9.53 Å². The molecule has 0 atom stereocenters. The maximum atomic E-state index is 13.2. The number of hydrogen-bond donors (Lipinski definition) is 0. The predicted molar refractivity (Wildman–Crippen MR) is 95.8 cm³/mol. The van der Waals surface area contributed by atoms with E-state index in [0.29, 0.717) is 5.69 Å². The highest BCUT2D eigenvalue weighted by Gasteiger charge is 2.26. The maximum absolute atomic E-state index is 13.2. The van der Waals surface area contributed by atoms with Crippen LogP contribution in [0.5, 0.6) is 0 Å². The number of piperidine rings is 1. The molecule has 0 bridgehead atoms. The van der Waals surface area contributed by atoms with Crippen molar-refractivity contribution in [2.24, 2.45) is 0 Å². The molecule has 25 heavy (non-hydrogen) atoms. The van der Waals surface area contributed by atoms with Crippen LogP contribution in [0.2, 0.25) is 0 Å². The van der Waals surface area contributed by atoms with Crippen LogP contribution < -0.4 is 0 Å². The van der Waals surface area contributed by atoms with Crippen LogP contribution in [0.4, 0.5) is 0 Å². The van der Waals surface area contributed by atoms with Crippen molar-refractivity contribution in [3.8, 4) is 0 Å². The van der Waals surface area contributed by atoms with E-state index in [9.17, 15) is 4.79 Å². The number of likely N-dealkylation sites (tertiary alicyclic amines) is 1. The maximum Gasteiger partial charge on any atom is 0.274 e. The van der Waals surface area contributed by atoms with E-state index in [1.807, 2.05) is 17.2 Å². The number of aromatic nitrogens is 2. The van der Waals surface area contributed by atoms with Crippen LogP contribution in [0.3, 0.4) is 0 Å². The lowest BCUT2D eigenvalue weighted by Gasteiger charge is -2.28. The van der Waals surface area contributed by atoms with Crippen LogP contribution in [0, 0.1) is 6.92 Å². The van der Waals surface area contributed by atoms with E-state index in [4.69, 9.17) is 9.72 Å². The lowest BCUT2D eigenvalue weighted by atomic mass is 10.1. The van der Waals surface area contributed by atoms with E-state index in [0.717, 1.165) is 75.7 Å². The predicted octanol–water partition coefficient (Wildman–Crippen LogP) is 2.10. The second-order valence-electron chi connectivity index (χ2n) is 7.03. The van der Waals surface area contributed by atoms with Gasteiger partial charge in [0.1, 0.15) is 5.65 Å². The summed E-state index contributed by atoms with van der Waals surface area (Å²) in [6.07, 6.45) is 5.43. The molecular formula is C19H26N4O2. The number of nitrogens with zero attached hydrogens (tertiary/aromatic N) is 4. The fourth-order valence-electron chi connectivity index (χ4n) is 3.79. The Morgan fingerprint density at radius 1 is 1.16 bits per heavy atom. The molecule has 6 nitrogen and oxygen atoms in total. The number of fused-ring (bicyclic) bond motifs is 1. The van der Waals surface area contributed by atoms with Gasteiger partial charge in [-0.1, -0.05) is 6.07 Å². The van der Waals surface area contributed by atoms with Crippen LogP contribution in [0.25, 0.3) is 5.65 Å². The van der Waals surface area contributed by atoms with Crippen LogP contribution in [-0.2, 0) is 11.3 Å². The fourth-order valence-corrected chi connectivity index (χ4v) is 3.79. The smallest absolute Gasteiger partial charge is 0.274 e. The highest BCUT2D eigenvalue weighted by Crippen LogP contribution is 2.21. The van der Waals surface area contributed by atoms with E-state index < -0.39 is 0 Å². The molecule has 0 unspecified atom stereocenters. The summed E-state index contributed by atoms with van der Waals surface area (Å²) in [7, 11) is 0. The Balaban J connectivity index is 1.72. The van der Waals surface area contributed by atoms with Gasteiger partial charge in [0.25, 0.3) is 5.91 Å². The summed E-state index contributed by atoms with van der Waals surface area (Å²) in [5.41, 5.74) is 3.63. The molecule has 2 aliphatic heterocycles. The van der Waals surface area contributed by atoms with Gasteiger partial charge in [-0.15, -0.1) is 0 Å². The molecule has 2 aromatic rings. The first-order valence-electron chi connectivity index (χ1n) is 9.30. The summed E-state index contributed by atoms with van der Waals surface area (Å²) in [6, 6.07) is 4.08. The molecule has 0 aliphatic carbocycles. The Kier molecular flexibility index (Phi) is 4.72. The number of aryl methyl sites for hydroxylation is 1. The van der Waals surface area contributed by atoms with Gasteiger partial charge in [0, 0.05) is 38.9 Å². The number of carbonyl (C=O) groups excluding carboxylic acids is 1. The number of rotatable bonds is 3. The number of amides is 1. The quantitative estimate of drug-likeness (QED) is 0.857. The Hall–Kier alpha value is -1.92. The minimum atomic E-state index is 0.0889. The summed E-state index contributed by atoms with van der Waals surface area (Å²) in [6.45, 7) is 7.80. The Morgan fingerprint density at radius 3 is 2.68 bits per heavy atom. The first-order valence-corrected chi connectivity index (χ1v) is 9.30. The van der Waals surface area contributed by atoms with E-state index in [1.54, 1.807) is 0 Å². The number of carbonyl (C=O) groups is 1. The molecule has 0 saturated carbocycles. The van der Waals surface area contributed by atoms with Crippen LogP contribution in [0.1, 0.15) is 41.0 Å². The molecule has 0 N–H and O–H groups in total. The lowest BCUT2D eigenvalue weighted by Crippen LogP contribution is -2.38. The fraction of sp³-hybridized carbons (Fsp3) is 0.579. The first kappa shape index (κ1) is 16.5. The zero-order valence-corrected chi connectivity index (χ0v) is 14.9. The summed E-state index contributed by atoms with van der Waals surface area (Å²) < 4.78 is 7.56. The van der Waals surface area contributed by atoms with Crippen LogP contribution >= 0.6 is 0 Å². The van der Waals surface area contributed by atoms with Gasteiger partial charge in [0.2, 0.25) is 0 Å². The van der Waals surface area contributed by atoms with Gasteiger partial charge in [0.05, 0.1) is 18.9 Å². The third-order valence-corrected chi connectivity index (χ3v) is 5.27. The second kappa shape index (κ2) is 7.14. The third kappa shape index (κ3) is 3.28. The topological polar surface area (TPSA) is 50.1 Å². The summed E-state index contributed by atoms with van der Waals surface area (Å²) >= 11 is 0. The molecule has 1 amide bonds. The van der Waals surface area contributed by atoms with Crippen molar-refractivity contribution in [1.29, 1.82) is 0 Å². The Morgan fingerprint density at radius 2 is 1.92 bits per heavy atom. The van der Waals surface area contributed by atoms with E-state index in [2.05, 4.69) is 22.3 Å².